The van der Waals surface area contributed by atoms with Gasteiger partial charge in [-0.2, -0.15) is 0 Å². The molecule has 1 amide bonds. The average molecular weight is 281 g/mol. The van der Waals surface area contributed by atoms with Gasteiger partial charge in [0.2, 0.25) is 5.91 Å². The van der Waals surface area contributed by atoms with E-state index in [0.29, 0.717) is 0 Å². The van der Waals surface area contributed by atoms with Crippen LogP contribution >= 0.6 is 0 Å². The second-order valence-electron chi connectivity index (χ2n) is 5.25. The van der Waals surface area contributed by atoms with E-state index in [1.807, 2.05) is 54.6 Å². The van der Waals surface area contributed by atoms with E-state index in [2.05, 4.69) is 16.0 Å². The van der Waals surface area contributed by atoms with Crippen molar-refractivity contribution in [3.05, 3.63) is 54.6 Å². The van der Waals surface area contributed by atoms with Crippen LogP contribution in [0.1, 0.15) is 6.42 Å². The van der Waals surface area contributed by atoms with Crippen molar-refractivity contribution in [2.45, 2.75) is 6.42 Å². The first kappa shape index (κ1) is 13.6. The lowest BCUT2D eigenvalue weighted by atomic mass is 10.1. The van der Waals surface area contributed by atoms with Crippen molar-refractivity contribution in [3.8, 4) is 0 Å². The number of benzene rings is 2. The van der Waals surface area contributed by atoms with Crippen molar-refractivity contribution in [3.63, 3.8) is 0 Å². The summed E-state index contributed by atoms with van der Waals surface area (Å²) in [6.07, 6.45) is 0.911. The summed E-state index contributed by atoms with van der Waals surface area (Å²) in [7, 11) is 0. The Balaban J connectivity index is 1.66. The van der Waals surface area contributed by atoms with E-state index < -0.39 is 0 Å². The first-order valence-electron chi connectivity index (χ1n) is 7.25. The average Bonchev–Trinajstić information content (AvgIpc) is 3.03. The molecule has 3 rings (SSSR count). The van der Waals surface area contributed by atoms with Gasteiger partial charge in [0.25, 0.3) is 0 Å². The van der Waals surface area contributed by atoms with Gasteiger partial charge in [-0.15, -0.1) is 0 Å². The van der Waals surface area contributed by atoms with Crippen LogP contribution in [0, 0.1) is 5.92 Å². The SMILES string of the molecule is O=C(Nc1cccc(Nc2ccccc2)c1)C1CCNC1. The summed E-state index contributed by atoms with van der Waals surface area (Å²) >= 11 is 0. The van der Waals surface area contributed by atoms with Crippen molar-refractivity contribution in [2.24, 2.45) is 5.92 Å². The number of hydrogen-bond donors (Lipinski definition) is 3. The molecule has 4 heteroatoms. The number of carbonyl (C=O) groups excluding carboxylic acids is 1. The van der Waals surface area contributed by atoms with E-state index in [9.17, 15) is 4.79 Å². The van der Waals surface area contributed by atoms with E-state index in [-0.39, 0.29) is 11.8 Å². The zero-order valence-corrected chi connectivity index (χ0v) is 11.8. The Hall–Kier alpha value is -2.33. The summed E-state index contributed by atoms with van der Waals surface area (Å²) in [6.45, 7) is 1.70. The highest BCUT2D eigenvalue weighted by atomic mass is 16.1. The molecule has 2 aromatic carbocycles. The minimum absolute atomic E-state index is 0.0794. The molecule has 0 aliphatic carbocycles. The van der Waals surface area contributed by atoms with Crippen LogP contribution in [0.3, 0.4) is 0 Å². The summed E-state index contributed by atoms with van der Waals surface area (Å²) in [5.74, 6) is 0.174. The van der Waals surface area contributed by atoms with Crippen LogP contribution in [0.4, 0.5) is 17.1 Å². The first-order chi connectivity index (χ1) is 10.3. The van der Waals surface area contributed by atoms with Crippen LogP contribution in [0.5, 0.6) is 0 Å². The Kier molecular flexibility index (Phi) is 4.17. The Labute approximate surface area is 124 Å². The summed E-state index contributed by atoms with van der Waals surface area (Å²) in [6, 6.07) is 17.8. The predicted octanol–water partition coefficient (Wildman–Crippen LogP) is 2.98. The maximum atomic E-state index is 12.1. The summed E-state index contributed by atoms with van der Waals surface area (Å²) in [5.41, 5.74) is 2.82. The van der Waals surface area contributed by atoms with Crippen molar-refractivity contribution in [2.75, 3.05) is 23.7 Å². The van der Waals surface area contributed by atoms with Gasteiger partial charge in [0.05, 0.1) is 5.92 Å². The monoisotopic (exact) mass is 281 g/mol. The summed E-state index contributed by atoms with van der Waals surface area (Å²) in [4.78, 5) is 12.1. The molecule has 1 atom stereocenters. The van der Waals surface area contributed by atoms with Crippen LogP contribution in [0.25, 0.3) is 0 Å². The zero-order valence-electron chi connectivity index (χ0n) is 11.8. The molecule has 1 saturated heterocycles. The molecule has 1 fully saturated rings. The fourth-order valence-corrected chi connectivity index (χ4v) is 2.49. The minimum Gasteiger partial charge on any atom is -0.355 e. The topological polar surface area (TPSA) is 53.2 Å². The molecule has 0 radical (unpaired) electrons. The normalized spacial score (nSPS) is 17.4. The highest BCUT2D eigenvalue weighted by Crippen LogP contribution is 2.21. The quantitative estimate of drug-likeness (QED) is 0.807. The second kappa shape index (κ2) is 6.41. The number of hydrogen-bond acceptors (Lipinski definition) is 3. The fourth-order valence-electron chi connectivity index (χ4n) is 2.49. The number of rotatable bonds is 4. The third-order valence-corrected chi connectivity index (χ3v) is 3.62. The largest absolute Gasteiger partial charge is 0.355 e. The molecule has 3 N–H and O–H groups in total. The first-order valence-corrected chi connectivity index (χ1v) is 7.25. The summed E-state index contributed by atoms with van der Waals surface area (Å²) < 4.78 is 0. The van der Waals surface area contributed by atoms with Crippen molar-refractivity contribution in [1.29, 1.82) is 0 Å². The van der Waals surface area contributed by atoms with Gasteiger partial charge in [-0.25, -0.2) is 0 Å². The third-order valence-electron chi connectivity index (χ3n) is 3.62. The molecule has 0 saturated carbocycles. The lowest BCUT2D eigenvalue weighted by Crippen LogP contribution is -2.24. The Morgan fingerprint density at radius 1 is 1.00 bits per heavy atom. The molecule has 1 aliphatic rings. The van der Waals surface area contributed by atoms with Crippen LogP contribution in [-0.2, 0) is 4.79 Å². The standard InChI is InChI=1S/C17H19N3O/c21-17(13-9-10-18-12-13)20-16-8-4-7-15(11-16)19-14-5-2-1-3-6-14/h1-8,11,13,18-19H,9-10,12H2,(H,20,21). The molecule has 0 aromatic heterocycles. The van der Waals surface area contributed by atoms with E-state index in [1.54, 1.807) is 0 Å². The smallest absolute Gasteiger partial charge is 0.228 e. The Bertz CT molecular complexity index is 606. The number of carbonyl (C=O) groups is 1. The van der Waals surface area contributed by atoms with Crippen LogP contribution < -0.4 is 16.0 Å². The van der Waals surface area contributed by atoms with E-state index >= 15 is 0 Å². The zero-order chi connectivity index (χ0) is 14.5. The maximum Gasteiger partial charge on any atom is 0.228 e. The molecule has 1 unspecified atom stereocenters. The lowest BCUT2D eigenvalue weighted by Gasteiger charge is -2.12. The number of anilines is 3. The van der Waals surface area contributed by atoms with Crippen molar-refractivity contribution in [1.82, 2.24) is 5.32 Å². The highest BCUT2D eigenvalue weighted by molar-refractivity contribution is 5.93. The number of amides is 1. The molecule has 4 nitrogen and oxygen atoms in total. The maximum absolute atomic E-state index is 12.1. The van der Waals surface area contributed by atoms with Gasteiger partial charge in [0, 0.05) is 23.6 Å². The molecular weight excluding hydrogens is 262 g/mol. The second-order valence-corrected chi connectivity index (χ2v) is 5.25. The van der Waals surface area contributed by atoms with Crippen LogP contribution in [-0.4, -0.2) is 19.0 Å². The molecule has 2 aromatic rings. The van der Waals surface area contributed by atoms with E-state index in [1.165, 1.54) is 0 Å². The highest BCUT2D eigenvalue weighted by Gasteiger charge is 2.22. The van der Waals surface area contributed by atoms with E-state index in [4.69, 9.17) is 0 Å². The van der Waals surface area contributed by atoms with Gasteiger partial charge >= 0.3 is 0 Å². The molecule has 108 valence electrons. The number of para-hydroxylation sites is 1. The lowest BCUT2D eigenvalue weighted by molar-refractivity contribution is -0.119. The number of nitrogens with one attached hydrogen (secondary N) is 3. The van der Waals surface area contributed by atoms with Gasteiger partial charge in [-0.05, 0) is 43.3 Å². The Morgan fingerprint density at radius 3 is 2.52 bits per heavy atom. The van der Waals surface area contributed by atoms with Crippen LogP contribution in [0.15, 0.2) is 54.6 Å². The van der Waals surface area contributed by atoms with Crippen molar-refractivity contribution >= 4 is 23.0 Å². The third kappa shape index (κ3) is 3.61. The van der Waals surface area contributed by atoms with Gasteiger partial charge < -0.3 is 16.0 Å². The summed E-state index contributed by atoms with van der Waals surface area (Å²) in [5, 5.41) is 9.52. The predicted molar refractivity (Wildman–Crippen MR) is 85.8 cm³/mol. The van der Waals surface area contributed by atoms with Gasteiger partial charge in [0.1, 0.15) is 0 Å². The molecular formula is C17H19N3O. The minimum atomic E-state index is 0.0794. The Morgan fingerprint density at radius 2 is 1.76 bits per heavy atom. The molecule has 1 aliphatic heterocycles. The molecule has 21 heavy (non-hydrogen) atoms. The molecule has 0 bridgehead atoms. The van der Waals surface area contributed by atoms with Gasteiger partial charge in [0.15, 0.2) is 0 Å². The van der Waals surface area contributed by atoms with Crippen molar-refractivity contribution < 1.29 is 4.79 Å². The molecule has 0 spiro atoms. The van der Waals surface area contributed by atoms with Crippen LogP contribution in [0.2, 0.25) is 0 Å². The molecule has 1 heterocycles. The van der Waals surface area contributed by atoms with Gasteiger partial charge in [-0.3, -0.25) is 4.79 Å². The fraction of sp³-hybridized carbons (Fsp3) is 0.235. The van der Waals surface area contributed by atoms with Gasteiger partial charge in [-0.1, -0.05) is 24.3 Å². The van der Waals surface area contributed by atoms with E-state index in [0.717, 1.165) is 36.6 Å².